The van der Waals surface area contributed by atoms with Crippen molar-refractivity contribution in [1.29, 1.82) is 0 Å². The average Bonchev–Trinajstić information content (AvgIpc) is 3.07. The van der Waals surface area contributed by atoms with Crippen LogP contribution >= 0.6 is 11.3 Å². The summed E-state index contributed by atoms with van der Waals surface area (Å²) in [6.45, 7) is 4.57. The molecule has 3 heteroatoms. The van der Waals surface area contributed by atoms with E-state index >= 15 is 0 Å². The molecule has 1 aliphatic rings. The van der Waals surface area contributed by atoms with Gasteiger partial charge in [0, 0.05) is 6.04 Å². The lowest BCUT2D eigenvalue weighted by Crippen LogP contribution is -2.34. The van der Waals surface area contributed by atoms with Gasteiger partial charge in [0.15, 0.2) is 0 Å². The summed E-state index contributed by atoms with van der Waals surface area (Å²) in [6.07, 6.45) is 5.60. The zero-order chi connectivity index (χ0) is 13.2. The predicted molar refractivity (Wildman–Crippen MR) is 82.6 cm³/mol. The summed E-state index contributed by atoms with van der Waals surface area (Å²) in [6, 6.07) is 9.36. The van der Waals surface area contributed by atoms with Gasteiger partial charge in [-0.15, -0.1) is 11.3 Å². The van der Waals surface area contributed by atoms with Crippen LogP contribution in [0.5, 0.6) is 0 Å². The van der Waals surface area contributed by atoms with Gasteiger partial charge in [-0.3, -0.25) is 0 Å². The third-order valence-electron chi connectivity index (χ3n) is 4.30. The first-order chi connectivity index (χ1) is 9.24. The number of nitrogens with one attached hydrogen (secondary N) is 1. The van der Waals surface area contributed by atoms with Crippen molar-refractivity contribution in [3.63, 3.8) is 0 Å². The van der Waals surface area contributed by atoms with Crippen molar-refractivity contribution in [3.05, 3.63) is 29.3 Å². The molecule has 1 heterocycles. The molecule has 2 nitrogen and oxygen atoms in total. The van der Waals surface area contributed by atoms with E-state index < -0.39 is 0 Å². The molecular weight excluding hydrogens is 252 g/mol. The van der Waals surface area contributed by atoms with E-state index in [1.165, 1.54) is 35.4 Å². The van der Waals surface area contributed by atoms with Gasteiger partial charge in [0.2, 0.25) is 0 Å². The fourth-order valence-electron chi connectivity index (χ4n) is 3.13. The number of para-hydroxylation sites is 1. The summed E-state index contributed by atoms with van der Waals surface area (Å²) in [4.78, 5) is 4.75. The van der Waals surface area contributed by atoms with E-state index in [0.29, 0.717) is 12.1 Å². The second-order valence-electron chi connectivity index (χ2n) is 5.74. The molecule has 1 saturated carbocycles. The van der Waals surface area contributed by atoms with Crippen molar-refractivity contribution in [2.45, 2.75) is 51.6 Å². The van der Waals surface area contributed by atoms with E-state index in [-0.39, 0.29) is 0 Å². The van der Waals surface area contributed by atoms with Crippen LogP contribution in [0.4, 0.5) is 0 Å². The normalized spacial score (nSPS) is 19.9. The van der Waals surface area contributed by atoms with E-state index in [0.717, 1.165) is 11.4 Å². The zero-order valence-corrected chi connectivity index (χ0v) is 12.5. The average molecular weight is 274 g/mol. The van der Waals surface area contributed by atoms with Crippen LogP contribution in [0.15, 0.2) is 24.3 Å². The summed E-state index contributed by atoms with van der Waals surface area (Å²) in [7, 11) is 0. The first-order valence-electron chi connectivity index (χ1n) is 7.35. The van der Waals surface area contributed by atoms with Crippen LogP contribution in [0.1, 0.15) is 50.6 Å². The molecule has 0 aliphatic heterocycles. The fraction of sp³-hybridized carbons (Fsp3) is 0.562. The lowest BCUT2D eigenvalue weighted by atomic mass is 9.99. The van der Waals surface area contributed by atoms with Gasteiger partial charge in [-0.2, -0.15) is 0 Å². The van der Waals surface area contributed by atoms with E-state index in [4.69, 9.17) is 4.98 Å². The highest BCUT2D eigenvalue weighted by atomic mass is 32.1. The minimum Gasteiger partial charge on any atom is -0.305 e. The highest BCUT2D eigenvalue weighted by Crippen LogP contribution is 2.30. The van der Waals surface area contributed by atoms with Gasteiger partial charge in [0.05, 0.1) is 16.3 Å². The standard InChI is InChI=1S/C16H22N2S/c1-11(13-7-3-4-8-13)17-12(2)16-18-14-9-5-6-10-15(14)19-16/h5-6,9-13,17H,3-4,7-8H2,1-2H3/t11-,12?/m1/s1. The molecule has 2 aromatic rings. The van der Waals surface area contributed by atoms with Crippen LogP contribution in [0.2, 0.25) is 0 Å². The first-order valence-corrected chi connectivity index (χ1v) is 8.17. The Morgan fingerprint density at radius 1 is 1.21 bits per heavy atom. The Morgan fingerprint density at radius 2 is 1.95 bits per heavy atom. The Bertz CT molecular complexity index is 509. The van der Waals surface area contributed by atoms with Crippen LogP contribution < -0.4 is 5.32 Å². The molecule has 2 atom stereocenters. The second kappa shape index (κ2) is 5.59. The lowest BCUT2D eigenvalue weighted by molar-refractivity contribution is 0.352. The van der Waals surface area contributed by atoms with Crippen molar-refractivity contribution in [1.82, 2.24) is 10.3 Å². The van der Waals surface area contributed by atoms with E-state index in [2.05, 4.69) is 43.4 Å². The molecular formula is C16H22N2S. The topological polar surface area (TPSA) is 24.9 Å². The molecule has 0 bridgehead atoms. The predicted octanol–water partition coefficient (Wildman–Crippen LogP) is 4.53. The molecule has 0 amide bonds. The maximum atomic E-state index is 4.75. The summed E-state index contributed by atoms with van der Waals surface area (Å²) in [5, 5.41) is 4.96. The Balaban J connectivity index is 1.70. The fourth-order valence-corrected chi connectivity index (χ4v) is 4.11. The number of hydrogen-bond donors (Lipinski definition) is 1. The van der Waals surface area contributed by atoms with Crippen LogP contribution in [-0.2, 0) is 0 Å². The van der Waals surface area contributed by atoms with Crippen LogP contribution in [0.25, 0.3) is 10.2 Å². The Morgan fingerprint density at radius 3 is 2.68 bits per heavy atom. The summed E-state index contributed by atoms with van der Waals surface area (Å²) in [5.74, 6) is 0.858. The highest BCUT2D eigenvalue weighted by molar-refractivity contribution is 7.18. The molecule has 1 aromatic heterocycles. The minimum absolute atomic E-state index is 0.355. The highest BCUT2D eigenvalue weighted by Gasteiger charge is 2.23. The maximum absolute atomic E-state index is 4.75. The van der Waals surface area contributed by atoms with Gasteiger partial charge in [0.25, 0.3) is 0 Å². The summed E-state index contributed by atoms with van der Waals surface area (Å²) < 4.78 is 1.29. The van der Waals surface area contributed by atoms with Gasteiger partial charge in [-0.05, 0) is 44.7 Å². The third-order valence-corrected chi connectivity index (χ3v) is 5.52. The molecule has 1 aromatic carbocycles. The maximum Gasteiger partial charge on any atom is 0.111 e. The summed E-state index contributed by atoms with van der Waals surface area (Å²) in [5.41, 5.74) is 1.13. The van der Waals surface area contributed by atoms with Gasteiger partial charge >= 0.3 is 0 Å². The molecule has 102 valence electrons. The number of aromatic nitrogens is 1. The molecule has 0 radical (unpaired) electrons. The number of thiazole rings is 1. The zero-order valence-electron chi connectivity index (χ0n) is 11.7. The molecule has 3 rings (SSSR count). The van der Waals surface area contributed by atoms with E-state index in [9.17, 15) is 0 Å². The SMILES string of the molecule is CC(N[C@H](C)C1CCCC1)c1nc2ccccc2s1. The lowest BCUT2D eigenvalue weighted by Gasteiger charge is -2.23. The first kappa shape index (κ1) is 13.1. The van der Waals surface area contributed by atoms with Crippen molar-refractivity contribution in [2.24, 2.45) is 5.92 Å². The molecule has 0 spiro atoms. The smallest absolute Gasteiger partial charge is 0.111 e. The third kappa shape index (κ3) is 2.82. The minimum atomic E-state index is 0.355. The van der Waals surface area contributed by atoms with E-state index in [1.807, 2.05) is 11.3 Å². The van der Waals surface area contributed by atoms with Crippen molar-refractivity contribution in [2.75, 3.05) is 0 Å². The second-order valence-corrected chi connectivity index (χ2v) is 6.80. The molecule has 1 N–H and O–H groups in total. The number of rotatable bonds is 4. The van der Waals surface area contributed by atoms with Crippen LogP contribution in [0.3, 0.4) is 0 Å². The molecule has 1 fully saturated rings. The Labute approximate surface area is 119 Å². The van der Waals surface area contributed by atoms with Gasteiger partial charge in [-0.25, -0.2) is 4.98 Å². The molecule has 1 aliphatic carbocycles. The van der Waals surface area contributed by atoms with Crippen molar-refractivity contribution < 1.29 is 0 Å². The quantitative estimate of drug-likeness (QED) is 0.886. The largest absolute Gasteiger partial charge is 0.305 e. The Hall–Kier alpha value is -0.930. The van der Waals surface area contributed by atoms with Crippen LogP contribution in [-0.4, -0.2) is 11.0 Å². The number of nitrogens with zero attached hydrogens (tertiary/aromatic N) is 1. The van der Waals surface area contributed by atoms with Crippen LogP contribution in [0, 0.1) is 5.92 Å². The summed E-state index contributed by atoms with van der Waals surface area (Å²) >= 11 is 1.82. The van der Waals surface area contributed by atoms with E-state index in [1.54, 1.807) is 0 Å². The Kier molecular flexibility index (Phi) is 3.85. The number of hydrogen-bond acceptors (Lipinski definition) is 3. The van der Waals surface area contributed by atoms with Gasteiger partial charge in [-0.1, -0.05) is 25.0 Å². The molecule has 1 unspecified atom stereocenters. The van der Waals surface area contributed by atoms with Crippen molar-refractivity contribution >= 4 is 21.6 Å². The number of benzene rings is 1. The van der Waals surface area contributed by atoms with Gasteiger partial charge in [0.1, 0.15) is 5.01 Å². The monoisotopic (exact) mass is 274 g/mol. The molecule has 19 heavy (non-hydrogen) atoms. The molecule has 0 saturated heterocycles. The number of fused-ring (bicyclic) bond motifs is 1. The van der Waals surface area contributed by atoms with Crippen molar-refractivity contribution in [3.8, 4) is 0 Å². The van der Waals surface area contributed by atoms with Gasteiger partial charge < -0.3 is 5.32 Å².